The van der Waals surface area contributed by atoms with Gasteiger partial charge in [0.2, 0.25) is 0 Å². The molecule has 0 aromatic carbocycles. The van der Waals surface area contributed by atoms with Crippen LogP contribution in [0.25, 0.3) is 0 Å². The normalized spacial score (nSPS) is 10.0. The van der Waals surface area contributed by atoms with Crippen molar-refractivity contribution in [2.45, 2.75) is 40.0 Å². The Morgan fingerprint density at radius 1 is 0.750 bits per heavy atom. The van der Waals surface area contributed by atoms with Crippen molar-refractivity contribution in [3.05, 3.63) is 0 Å². The number of hydrogen-bond donors (Lipinski definition) is 0. The summed E-state index contributed by atoms with van der Waals surface area (Å²) in [6.45, 7) is 14.5. The Morgan fingerprint density at radius 2 is 1.00 bits per heavy atom. The molecule has 0 saturated carbocycles. The van der Waals surface area contributed by atoms with Crippen LogP contribution in [0.4, 0.5) is 0 Å². The molecule has 0 radical (unpaired) electrons. The standard InChI is InChI=1S/2C4H12OSi/c2*1-4-5-6(2)3/h2*6H,4H2,1-3H3. The maximum atomic E-state index is 5.18. The highest BCUT2D eigenvalue weighted by atomic mass is 28.3. The third kappa shape index (κ3) is 22.4. The summed E-state index contributed by atoms with van der Waals surface area (Å²) in [6.07, 6.45) is 0. The zero-order valence-corrected chi connectivity index (χ0v) is 11.7. The quantitative estimate of drug-likeness (QED) is 0.658. The highest BCUT2D eigenvalue weighted by molar-refractivity contribution is 6.48. The lowest BCUT2D eigenvalue weighted by Gasteiger charge is -1.98. The smallest absolute Gasteiger partial charge is 0.170 e. The molecular weight excluding hydrogens is 184 g/mol. The van der Waals surface area contributed by atoms with Gasteiger partial charge in [-0.05, 0) is 40.0 Å². The van der Waals surface area contributed by atoms with Crippen molar-refractivity contribution in [3.63, 3.8) is 0 Å². The van der Waals surface area contributed by atoms with Gasteiger partial charge in [0, 0.05) is 13.2 Å². The maximum absolute atomic E-state index is 5.18. The van der Waals surface area contributed by atoms with Crippen molar-refractivity contribution in [1.82, 2.24) is 0 Å². The predicted octanol–water partition coefficient (Wildman–Crippen LogP) is 2.01. The van der Waals surface area contributed by atoms with E-state index in [9.17, 15) is 0 Å². The van der Waals surface area contributed by atoms with Crippen LogP contribution in [0.3, 0.4) is 0 Å². The minimum absolute atomic E-state index is 0.671. The molecule has 0 unspecified atom stereocenters. The summed E-state index contributed by atoms with van der Waals surface area (Å²) >= 11 is 0. The molecule has 0 aliphatic rings. The average molecular weight is 208 g/mol. The lowest BCUT2D eigenvalue weighted by Crippen LogP contribution is -2.05. The Balaban J connectivity index is 0. The molecule has 0 fully saturated rings. The fraction of sp³-hybridized carbons (Fsp3) is 1.00. The van der Waals surface area contributed by atoms with Gasteiger partial charge >= 0.3 is 0 Å². The van der Waals surface area contributed by atoms with Crippen molar-refractivity contribution in [3.8, 4) is 0 Å². The summed E-state index contributed by atoms with van der Waals surface area (Å²) in [4.78, 5) is 0. The molecule has 0 bridgehead atoms. The molecule has 76 valence electrons. The first-order chi connectivity index (χ1) is 5.54. The van der Waals surface area contributed by atoms with Gasteiger partial charge in [0.05, 0.1) is 0 Å². The molecule has 2 nitrogen and oxygen atoms in total. The average Bonchev–Trinajstić information content (AvgIpc) is 1.87. The SMILES string of the molecule is CCO[SiH](C)C.CCO[SiH](C)C. The summed E-state index contributed by atoms with van der Waals surface area (Å²) in [5, 5.41) is 0. The second-order valence-corrected chi connectivity index (χ2v) is 7.87. The van der Waals surface area contributed by atoms with Crippen molar-refractivity contribution in [2.24, 2.45) is 0 Å². The molecule has 0 aliphatic heterocycles. The van der Waals surface area contributed by atoms with E-state index in [1.165, 1.54) is 0 Å². The van der Waals surface area contributed by atoms with Crippen LogP contribution in [0.2, 0.25) is 26.2 Å². The van der Waals surface area contributed by atoms with E-state index in [4.69, 9.17) is 8.85 Å². The van der Waals surface area contributed by atoms with Gasteiger partial charge in [-0.25, -0.2) is 0 Å². The van der Waals surface area contributed by atoms with E-state index in [-0.39, 0.29) is 0 Å². The highest BCUT2D eigenvalue weighted by Crippen LogP contribution is 1.79. The molecule has 0 amide bonds. The van der Waals surface area contributed by atoms with Crippen molar-refractivity contribution in [1.29, 1.82) is 0 Å². The van der Waals surface area contributed by atoms with Crippen LogP contribution in [0.5, 0.6) is 0 Å². The fourth-order valence-electron chi connectivity index (χ4n) is 0.667. The summed E-state index contributed by atoms with van der Waals surface area (Å²) in [7, 11) is -1.34. The Kier molecular flexibility index (Phi) is 14.1. The van der Waals surface area contributed by atoms with E-state index < -0.39 is 18.1 Å². The van der Waals surface area contributed by atoms with Gasteiger partial charge in [-0.1, -0.05) is 0 Å². The Labute approximate surface area is 80.7 Å². The van der Waals surface area contributed by atoms with E-state index >= 15 is 0 Å². The molecule has 4 heteroatoms. The topological polar surface area (TPSA) is 18.5 Å². The zero-order chi connectivity index (χ0) is 9.98. The van der Waals surface area contributed by atoms with Gasteiger partial charge in [0.1, 0.15) is 0 Å². The highest BCUT2D eigenvalue weighted by Gasteiger charge is 1.88. The maximum Gasteiger partial charge on any atom is 0.170 e. The fourth-order valence-corrected chi connectivity index (χ4v) is 2.00. The van der Waals surface area contributed by atoms with E-state index in [1.54, 1.807) is 0 Å². The minimum Gasteiger partial charge on any atom is -0.421 e. The van der Waals surface area contributed by atoms with Gasteiger partial charge in [0.25, 0.3) is 0 Å². The van der Waals surface area contributed by atoms with E-state index in [2.05, 4.69) is 26.2 Å². The van der Waals surface area contributed by atoms with Crippen LogP contribution >= 0.6 is 0 Å². The zero-order valence-electron chi connectivity index (χ0n) is 9.39. The summed E-state index contributed by atoms with van der Waals surface area (Å²) in [5.41, 5.74) is 0. The van der Waals surface area contributed by atoms with Crippen LogP contribution in [0.15, 0.2) is 0 Å². The lowest BCUT2D eigenvalue weighted by molar-refractivity contribution is 0.350. The van der Waals surface area contributed by atoms with Crippen molar-refractivity contribution in [2.75, 3.05) is 13.2 Å². The summed E-state index contributed by atoms with van der Waals surface area (Å²) < 4.78 is 10.4. The predicted molar refractivity (Wildman–Crippen MR) is 61.0 cm³/mol. The number of hydrogen-bond acceptors (Lipinski definition) is 2. The third-order valence-electron chi connectivity index (χ3n) is 1.00. The molecule has 0 N–H and O–H groups in total. The van der Waals surface area contributed by atoms with Crippen LogP contribution in [-0.2, 0) is 8.85 Å². The molecule has 0 rings (SSSR count). The first kappa shape index (κ1) is 14.9. The second kappa shape index (κ2) is 11.4. The molecule has 0 atom stereocenters. The summed E-state index contributed by atoms with van der Waals surface area (Å²) in [6, 6.07) is 0. The first-order valence-electron chi connectivity index (χ1n) is 4.77. The van der Waals surface area contributed by atoms with E-state index in [0.29, 0.717) is 0 Å². The van der Waals surface area contributed by atoms with Gasteiger partial charge in [-0.2, -0.15) is 0 Å². The van der Waals surface area contributed by atoms with E-state index in [1.807, 2.05) is 13.8 Å². The minimum atomic E-state index is -0.671. The molecule has 0 aromatic rings. The van der Waals surface area contributed by atoms with E-state index in [0.717, 1.165) is 13.2 Å². The largest absolute Gasteiger partial charge is 0.421 e. The van der Waals surface area contributed by atoms with Gasteiger partial charge in [0.15, 0.2) is 18.1 Å². The third-order valence-corrected chi connectivity index (χ3v) is 3.00. The van der Waals surface area contributed by atoms with Crippen LogP contribution < -0.4 is 0 Å². The molecule has 0 spiro atoms. The Hall–Kier alpha value is 0.354. The Bertz CT molecular complexity index is 67.5. The molecule has 12 heavy (non-hydrogen) atoms. The molecule has 0 aromatic heterocycles. The molecule has 0 heterocycles. The van der Waals surface area contributed by atoms with Gasteiger partial charge < -0.3 is 8.85 Å². The first-order valence-corrected chi connectivity index (χ1v) is 10.3. The molecular formula is C8H24O2Si2. The van der Waals surface area contributed by atoms with Crippen LogP contribution in [0, 0.1) is 0 Å². The van der Waals surface area contributed by atoms with Crippen LogP contribution in [-0.4, -0.2) is 31.3 Å². The van der Waals surface area contributed by atoms with Crippen LogP contribution in [0.1, 0.15) is 13.8 Å². The Morgan fingerprint density at radius 3 is 1.00 bits per heavy atom. The molecule has 0 saturated heterocycles. The van der Waals surface area contributed by atoms with Crippen molar-refractivity contribution >= 4 is 18.1 Å². The monoisotopic (exact) mass is 208 g/mol. The number of rotatable bonds is 4. The van der Waals surface area contributed by atoms with Crippen molar-refractivity contribution < 1.29 is 8.85 Å². The lowest BCUT2D eigenvalue weighted by atomic mass is 10.9. The molecule has 0 aliphatic carbocycles. The van der Waals surface area contributed by atoms with Gasteiger partial charge in [-0.3, -0.25) is 0 Å². The summed E-state index contributed by atoms with van der Waals surface area (Å²) in [5.74, 6) is 0. The van der Waals surface area contributed by atoms with Gasteiger partial charge in [-0.15, -0.1) is 0 Å². The second-order valence-electron chi connectivity index (χ2n) is 3.01.